The van der Waals surface area contributed by atoms with Gasteiger partial charge in [0, 0.05) is 64.0 Å². The number of hydrogen-bond acceptors (Lipinski definition) is 22. The van der Waals surface area contributed by atoms with Gasteiger partial charge in [-0.1, -0.05) is 123 Å². The molecule has 0 aliphatic carbocycles. The van der Waals surface area contributed by atoms with Crippen molar-refractivity contribution >= 4 is 119 Å². The molecule has 34 heteroatoms. The Morgan fingerprint density at radius 3 is 0.879 bits per heavy atom. The van der Waals surface area contributed by atoms with E-state index in [-0.39, 0.29) is 111 Å². The summed E-state index contributed by atoms with van der Waals surface area (Å²) in [5.74, 6) is 1.04. The van der Waals surface area contributed by atoms with Crippen molar-refractivity contribution in [2.75, 3.05) is 0 Å². The molecule has 6 fully saturated rings. The monoisotopic (exact) mass is 1590 g/mol. The molecular weight excluding hydrogens is 1510 g/mol. The van der Waals surface area contributed by atoms with E-state index in [0.29, 0.717) is 33.6 Å². The summed E-state index contributed by atoms with van der Waals surface area (Å²) in [7, 11) is -29.6. The van der Waals surface area contributed by atoms with Gasteiger partial charge >= 0.3 is 70.4 Å². The smallest absolute Gasteiger partial charge is 0.489 e. The Kier molecular flexibility index (Phi) is 20.3. The van der Waals surface area contributed by atoms with Gasteiger partial charge in [0.1, 0.15) is 23.9 Å². The zero-order chi connectivity index (χ0) is 70.5. The van der Waals surface area contributed by atoms with E-state index in [1.54, 1.807) is 119 Å². The van der Waals surface area contributed by atoms with Crippen LogP contribution in [0.4, 0.5) is 0 Å². The van der Waals surface area contributed by atoms with Crippen LogP contribution in [0, 0.1) is 6.92 Å². The minimum Gasteiger partial charge on any atom is -0.489 e. The van der Waals surface area contributed by atoms with Gasteiger partial charge in [-0.25, -0.2) is 13.7 Å². The van der Waals surface area contributed by atoms with Gasteiger partial charge in [-0.3, -0.25) is 42.9 Å². The number of fused-ring (bicyclic) bond motifs is 4. The number of aryl methyl sites for hydroxylation is 1. The van der Waals surface area contributed by atoms with E-state index in [0.717, 1.165) is 35.0 Å². The van der Waals surface area contributed by atoms with Gasteiger partial charge in [-0.05, 0) is 126 Å². The molecule has 1 atom stereocenters. The summed E-state index contributed by atoms with van der Waals surface area (Å²) < 4.78 is 98.3. The largest absolute Gasteiger partial charge is 0.515 e. The molecule has 6 aliphatic heterocycles. The van der Waals surface area contributed by atoms with Crippen LogP contribution in [0.25, 0.3) is 60.2 Å². The molecule has 0 spiro atoms. The average Bonchev–Trinajstić information content (AvgIpc) is 1.54. The fourth-order valence-electron chi connectivity index (χ4n) is 14.6. The lowest BCUT2D eigenvalue weighted by Crippen LogP contribution is -2.87. The first-order chi connectivity index (χ1) is 47.9. The van der Waals surface area contributed by atoms with Crippen LogP contribution in [0.2, 0.25) is 45.8 Å². The fourth-order valence-corrected chi connectivity index (χ4v) is 59.6. The quantitative estimate of drug-likeness (QED) is 0.0811. The van der Waals surface area contributed by atoms with E-state index in [1.807, 2.05) is 79.7 Å². The van der Waals surface area contributed by atoms with Gasteiger partial charge in [0.05, 0.1) is 60.2 Å². The molecule has 18 rings (SSSR count). The molecule has 6 aliphatic rings. The highest BCUT2D eigenvalue weighted by molar-refractivity contribution is 7.04. The molecule has 12 aromatic rings. The van der Waals surface area contributed by atoms with E-state index < -0.39 is 121 Å². The summed E-state index contributed by atoms with van der Waals surface area (Å²) in [4.78, 5) is 111. The molecule has 0 radical (unpaired) electrons. The van der Waals surface area contributed by atoms with Crippen molar-refractivity contribution in [3.05, 3.63) is 281 Å². The van der Waals surface area contributed by atoms with Gasteiger partial charge in [0.15, 0.2) is 0 Å². The maximum Gasteiger partial charge on any atom is 0.515 e. The summed E-state index contributed by atoms with van der Waals surface area (Å²) >= 11 is 0. The first kappa shape index (κ1) is 79.2. The van der Waals surface area contributed by atoms with Crippen molar-refractivity contribution in [3.63, 3.8) is 0 Å². The van der Waals surface area contributed by atoms with Gasteiger partial charge in [-0.2, -0.15) is 0 Å². The van der Waals surface area contributed by atoms with Crippen molar-refractivity contribution < 1.29 is 58.9 Å². The Balaban J connectivity index is 0.00000190. The van der Waals surface area contributed by atoms with Gasteiger partial charge < -0.3 is 58.9 Å². The lowest BCUT2D eigenvalue weighted by molar-refractivity contribution is -0.0158. The van der Waals surface area contributed by atoms with Crippen LogP contribution in [-0.4, -0.2) is 88.7 Å². The fraction of sp³-hybridized carbons (Fsp3) is 0.233. The van der Waals surface area contributed by atoms with Crippen LogP contribution in [0.1, 0.15) is 78.3 Å². The predicted molar refractivity (Wildman–Crippen MR) is 424 cm³/mol. The summed E-state index contributed by atoms with van der Waals surface area (Å²) in [5, 5.41) is 0.458. The molecule has 26 nitrogen and oxygen atoms in total. The average molecular weight is 1590 g/mol. The number of ether oxygens (including phenoxy) is 2. The molecule has 0 saturated carbocycles. The zero-order valence-corrected chi connectivity index (χ0v) is 63.2. The third-order valence-corrected chi connectivity index (χ3v) is 53.9. The number of rotatable bonds is 12. The van der Waals surface area contributed by atoms with E-state index in [2.05, 4.69) is 0 Å². The van der Waals surface area contributed by atoms with Crippen molar-refractivity contribution in [1.29, 1.82) is 0 Å². The molecule has 8 aromatic carbocycles. The van der Waals surface area contributed by atoms with E-state index >= 15 is 0 Å². The highest BCUT2D eigenvalue weighted by atomic mass is 28.6. The van der Waals surface area contributed by atoms with E-state index in [9.17, 15) is 38.4 Å². The maximum atomic E-state index is 14.4. The topological polar surface area (TPSA) is 285 Å². The predicted octanol–water partition coefficient (Wildman–Crippen LogP) is 10.7. The summed E-state index contributed by atoms with van der Waals surface area (Å²) in [5.41, 5.74) is -0.454. The minimum atomic E-state index is -4.25. The molecule has 107 heavy (non-hydrogen) atoms. The van der Waals surface area contributed by atoms with Crippen molar-refractivity contribution in [1.82, 2.24) is 18.3 Å². The lowest BCUT2D eigenvalue weighted by Gasteiger charge is -2.60. The van der Waals surface area contributed by atoms with Crippen LogP contribution in [0.5, 0.6) is 17.2 Å². The third kappa shape index (κ3) is 13.2. The van der Waals surface area contributed by atoms with Crippen LogP contribution < -0.4 is 59.1 Å². The second-order valence-corrected chi connectivity index (χ2v) is 49.9. The van der Waals surface area contributed by atoms with Crippen LogP contribution in [0.15, 0.2) is 208 Å². The van der Waals surface area contributed by atoms with Crippen LogP contribution >= 0.6 is 0 Å². The molecule has 10 heterocycles. The Morgan fingerprint density at radius 2 is 0.570 bits per heavy atom. The minimum absolute atomic E-state index is 0. The molecule has 0 amide bonds. The molecule has 558 valence electrons. The second kappa shape index (κ2) is 27.4. The van der Waals surface area contributed by atoms with Crippen LogP contribution in [-0.2, 0) is 63.0 Å². The zero-order valence-electron chi connectivity index (χ0n) is 55.2. The summed E-state index contributed by atoms with van der Waals surface area (Å²) in [6.45, 7) is 14.0. The van der Waals surface area contributed by atoms with E-state index in [1.165, 1.54) is 31.3 Å². The molecule has 0 N–H and O–H groups in total. The normalized spacial score (nSPS) is 25.7. The highest BCUT2D eigenvalue weighted by Crippen LogP contribution is 2.48. The Morgan fingerprint density at radius 1 is 0.318 bits per heavy atom. The Hall–Kier alpha value is -8.82. The number of hydrogen-bond donors (Lipinski definition) is 0. The number of benzene rings is 8. The van der Waals surface area contributed by atoms with Gasteiger partial charge in [0.25, 0.3) is 44.5 Å². The maximum absolute atomic E-state index is 14.4. The summed E-state index contributed by atoms with van der Waals surface area (Å²) in [6.07, 6.45) is 0. The Labute approximate surface area is 623 Å². The molecule has 1 unspecified atom stereocenters. The lowest BCUT2D eigenvalue weighted by atomic mass is 9.85. The molecule has 4 aromatic heterocycles. The third-order valence-electron chi connectivity index (χ3n) is 18.5. The van der Waals surface area contributed by atoms with Crippen LogP contribution in [0.3, 0.4) is 0 Å². The first-order valence-corrected chi connectivity index (χ1v) is 49.3. The number of nitrogens with zero attached hydrogens (tertiary/aromatic N) is 4. The molecule has 8 bridgehead atoms. The number of aromatic nitrogens is 4. The van der Waals surface area contributed by atoms with Crippen molar-refractivity contribution in [2.24, 2.45) is 7.05 Å². The van der Waals surface area contributed by atoms with Gasteiger partial charge in [-0.15, -0.1) is 0 Å². The molecule has 6 saturated heterocycles. The van der Waals surface area contributed by atoms with Crippen molar-refractivity contribution in [2.45, 2.75) is 110 Å². The standard InChI is InChI=1S/C67H58N4O22Si8.6CH4/c1-39-10-26-48(27-11-39)81-49-30-24-46(25-31-49)71-66(78)57-36-55-56(37-58(57)67(71)79)65(77)70(64(55)76)45-22-16-42(17-23-45)59(41-14-20-44(21-15-41)69-62(74)53-34-51-52(35-54(53)63(69)75)61(73)68(2)60(51)72)43-18-28-47(29-19-43)80-38-40-12-32-50(33-13-40)101-91-98(7)85-95(4)82-94(3)83-96(5,87-98)89-100(9,93-101)90-97(6,84-94)88-99(8,86-95)92-101;;;;;;/h10-37,59H,38H2,1-9H3;6*1H4. The highest BCUT2D eigenvalue weighted by Gasteiger charge is 2.79. The van der Waals surface area contributed by atoms with E-state index in [4.69, 9.17) is 58.9 Å². The van der Waals surface area contributed by atoms with Crippen molar-refractivity contribution in [3.8, 4) is 34.3 Å². The summed E-state index contributed by atoms with van der Waals surface area (Å²) in [6, 6.07) is 47.5. The molecular formula is C73H82N4O22Si8. The second-order valence-electron chi connectivity index (χ2n) is 26.3. The SMILES string of the molecule is C.C.C.C.C.C.Cc1ccc(Oc2ccc(-n3c(=O)c4cc5c(=O)n(-c6ccc(C(c7ccc(OCc8ccc([Si]9%10O[Si]%11(C)O[Si]%12(C)O[Si]%13(C)O[Si](C)(O%11)O[Si](C)(O[Si](C)(O%13)O[Si](C)(O%12)O9)O%10)cc8)cc7)c7ccc(-n8c(=O)c9cc%10c(=O)n(C)c(=O)c%10cc9c8=O)cc7)cc6)c(=O)c5cc4c3=O)cc2)cc1. The first-order valence-electron chi connectivity index (χ1n) is 32.0. The van der Waals surface area contributed by atoms with Gasteiger partial charge in [0.2, 0.25) is 0 Å². The Bertz CT molecular complexity index is 5700.